The smallest absolute Gasteiger partial charge is 0.662 e. The van der Waals surface area contributed by atoms with Crippen molar-refractivity contribution in [2.24, 2.45) is 5.41 Å². The van der Waals surface area contributed by atoms with Gasteiger partial charge in [0, 0.05) is 12.6 Å². The van der Waals surface area contributed by atoms with Gasteiger partial charge in [-0.15, -0.1) is 13.1 Å². The maximum absolute atomic E-state index is 4.53. The van der Waals surface area contributed by atoms with Crippen LogP contribution >= 0.6 is 0 Å². The number of hydrogen-bond donors (Lipinski definition) is 0. The van der Waals surface area contributed by atoms with E-state index in [0.717, 1.165) is 19.1 Å². The summed E-state index contributed by atoms with van der Waals surface area (Å²) in [5.74, 6) is 0. The fourth-order valence-electron chi connectivity index (χ4n) is 2.73. The molecule has 2 aliphatic rings. The minimum Gasteiger partial charge on any atom is -0.662 e. The Morgan fingerprint density at radius 2 is 2.07 bits per heavy atom. The number of rotatable bonds is 1. The van der Waals surface area contributed by atoms with Crippen molar-refractivity contribution in [2.45, 2.75) is 39.2 Å². The molecule has 0 N–H and O–H groups in total. The van der Waals surface area contributed by atoms with Crippen LogP contribution in [0.5, 0.6) is 0 Å². The molecule has 2 heterocycles. The van der Waals surface area contributed by atoms with Crippen LogP contribution in [0.1, 0.15) is 33.1 Å². The van der Waals surface area contributed by atoms with Crippen LogP contribution in [0.2, 0.25) is 0 Å². The number of nitrogens with zero attached hydrogens (tertiary/aromatic N) is 2. The Morgan fingerprint density at radius 3 is 2.64 bits per heavy atom. The second kappa shape index (κ2) is 5.88. The zero-order valence-corrected chi connectivity index (χ0v) is 14.8. The summed E-state index contributed by atoms with van der Waals surface area (Å²) in [6, 6.07) is 0.720. The molecule has 1 unspecified atom stereocenters. The third kappa shape index (κ3) is 3.11. The van der Waals surface area contributed by atoms with Gasteiger partial charge in [0.1, 0.15) is 0 Å². The van der Waals surface area contributed by atoms with Crippen LogP contribution in [-0.4, -0.2) is 37.1 Å². The topological polar surface area (TPSA) is 17.3 Å². The minimum atomic E-state index is 0. The van der Waals surface area contributed by atoms with E-state index in [-0.39, 0.29) is 58.2 Å². The van der Waals surface area contributed by atoms with Gasteiger partial charge in [0.2, 0.25) is 0 Å². The van der Waals surface area contributed by atoms with E-state index in [9.17, 15) is 0 Å². The monoisotopic (exact) mass is 266 g/mol. The molecule has 2 saturated heterocycles. The fraction of sp³-hybridized carbons (Fsp3) is 1.00. The van der Waals surface area contributed by atoms with Crippen LogP contribution in [0.15, 0.2) is 0 Å². The van der Waals surface area contributed by atoms with Gasteiger partial charge < -0.3 is 10.2 Å². The third-order valence-electron chi connectivity index (χ3n) is 3.67. The molecule has 2 fully saturated rings. The molecule has 0 saturated carbocycles. The first-order valence-corrected chi connectivity index (χ1v) is 5.59. The third-order valence-corrected chi connectivity index (χ3v) is 3.67. The molecule has 0 aromatic rings. The van der Waals surface area contributed by atoms with E-state index in [1.54, 1.807) is 0 Å². The summed E-state index contributed by atoms with van der Waals surface area (Å²) >= 11 is 0. The normalized spacial score (nSPS) is 33.6. The predicted molar refractivity (Wildman–Crippen MR) is 56.1 cm³/mol. The van der Waals surface area contributed by atoms with Gasteiger partial charge in [0.25, 0.3) is 0 Å². The Bertz CT molecular complexity index is 176. The van der Waals surface area contributed by atoms with Gasteiger partial charge in [-0.05, 0) is 38.6 Å². The Labute approximate surface area is 137 Å². The van der Waals surface area contributed by atoms with Crippen LogP contribution in [0.4, 0.5) is 0 Å². The molecular formula is C11H21N2Rb. The van der Waals surface area contributed by atoms with Crippen molar-refractivity contribution in [1.29, 1.82) is 0 Å². The average Bonchev–Trinajstić information content (AvgIpc) is 2.53. The van der Waals surface area contributed by atoms with E-state index in [4.69, 9.17) is 0 Å². The maximum Gasteiger partial charge on any atom is 1.00 e. The Morgan fingerprint density at radius 1 is 1.29 bits per heavy atom. The van der Waals surface area contributed by atoms with Crippen molar-refractivity contribution in [1.82, 2.24) is 4.90 Å². The van der Waals surface area contributed by atoms with Crippen LogP contribution in [-0.2, 0) is 0 Å². The van der Waals surface area contributed by atoms with Crippen molar-refractivity contribution >= 4 is 0 Å². The quantitative estimate of drug-likeness (QED) is 0.611. The number of likely N-dealkylation sites (tertiary alicyclic amines) is 1. The molecule has 76 valence electrons. The van der Waals surface area contributed by atoms with E-state index in [1.165, 1.54) is 32.4 Å². The van der Waals surface area contributed by atoms with Crippen LogP contribution < -0.4 is 58.2 Å². The molecule has 3 heteroatoms. The minimum absolute atomic E-state index is 0. The first kappa shape index (κ1) is 13.8. The summed E-state index contributed by atoms with van der Waals surface area (Å²) in [4.78, 5) is 2.63. The zero-order valence-electron chi connectivity index (χ0n) is 9.92. The molecule has 0 aromatic heterocycles. The van der Waals surface area contributed by atoms with Gasteiger partial charge >= 0.3 is 58.2 Å². The molecule has 0 radical (unpaired) electrons. The van der Waals surface area contributed by atoms with E-state index in [2.05, 4.69) is 24.1 Å². The first-order chi connectivity index (χ1) is 6.22. The molecule has 1 spiro atoms. The number of piperidine rings is 1. The maximum atomic E-state index is 4.53. The van der Waals surface area contributed by atoms with Gasteiger partial charge in [-0.1, -0.05) is 6.42 Å². The molecule has 0 bridgehead atoms. The van der Waals surface area contributed by atoms with Crippen molar-refractivity contribution in [3.05, 3.63) is 5.32 Å². The van der Waals surface area contributed by atoms with Crippen molar-refractivity contribution < 1.29 is 58.2 Å². The summed E-state index contributed by atoms with van der Waals surface area (Å²) < 4.78 is 0. The van der Waals surface area contributed by atoms with E-state index in [0.29, 0.717) is 5.41 Å². The van der Waals surface area contributed by atoms with Gasteiger partial charge in [0.15, 0.2) is 0 Å². The molecule has 14 heavy (non-hydrogen) atoms. The molecule has 0 amide bonds. The van der Waals surface area contributed by atoms with E-state index >= 15 is 0 Å². The van der Waals surface area contributed by atoms with E-state index in [1.807, 2.05) is 0 Å². The Balaban J connectivity index is 0.000000980. The summed E-state index contributed by atoms with van der Waals surface area (Å²) in [6.45, 7) is 9.48. The van der Waals surface area contributed by atoms with Crippen molar-refractivity contribution in [3.63, 3.8) is 0 Å². The van der Waals surface area contributed by atoms with Crippen LogP contribution in [0.3, 0.4) is 0 Å². The number of hydrogen-bond acceptors (Lipinski definition) is 1. The Kier molecular flexibility index (Phi) is 5.79. The van der Waals surface area contributed by atoms with Gasteiger partial charge in [0.05, 0.1) is 0 Å². The zero-order chi connectivity index (χ0) is 9.31. The summed E-state index contributed by atoms with van der Waals surface area (Å²) in [6.07, 6.45) is 4.14. The Hall–Kier alpha value is 1.73. The molecule has 2 aliphatic heterocycles. The summed E-state index contributed by atoms with van der Waals surface area (Å²) in [5.41, 5.74) is 0.586. The SMILES string of the molecule is CC(C)N1CCCC2(CC[N-]C2)C1.[Rb+]. The fourth-order valence-corrected chi connectivity index (χ4v) is 2.73. The van der Waals surface area contributed by atoms with Gasteiger partial charge in [-0.3, -0.25) is 0 Å². The molecule has 2 nitrogen and oxygen atoms in total. The van der Waals surface area contributed by atoms with Crippen molar-refractivity contribution in [3.8, 4) is 0 Å². The first-order valence-electron chi connectivity index (χ1n) is 5.59. The van der Waals surface area contributed by atoms with Crippen LogP contribution in [0.25, 0.3) is 5.32 Å². The molecule has 0 aliphatic carbocycles. The molecule has 2 rings (SSSR count). The standard InChI is InChI=1S/C11H21N2.Rb/c1-10(2)13-7-3-4-11(9-13)5-6-12-8-11;/h10H,3-9H2,1-2H3;/q-1;+1. The average molecular weight is 267 g/mol. The molecular weight excluding hydrogens is 246 g/mol. The molecule has 0 aromatic carbocycles. The van der Waals surface area contributed by atoms with Crippen molar-refractivity contribution in [2.75, 3.05) is 26.2 Å². The van der Waals surface area contributed by atoms with Gasteiger partial charge in [-0.2, -0.15) is 0 Å². The largest absolute Gasteiger partial charge is 1.00 e. The second-order valence-corrected chi connectivity index (χ2v) is 5.02. The predicted octanol–water partition coefficient (Wildman–Crippen LogP) is -0.742. The summed E-state index contributed by atoms with van der Waals surface area (Å²) in [7, 11) is 0. The summed E-state index contributed by atoms with van der Waals surface area (Å²) in [5, 5.41) is 4.53. The molecule has 1 atom stereocenters. The van der Waals surface area contributed by atoms with E-state index < -0.39 is 0 Å². The van der Waals surface area contributed by atoms with Gasteiger partial charge in [-0.25, -0.2) is 0 Å². The van der Waals surface area contributed by atoms with Crippen LogP contribution in [0, 0.1) is 5.41 Å². The second-order valence-electron chi connectivity index (χ2n) is 5.02.